The monoisotopic (exact) mass is 208 g/mol. The summed E-state index contributed by atoms with van der Waals surface area (Å²) in [5.41, 5.74) is -0.512. The fourth-order valence-electron chi connectivity index (χ4n) is 1.34. The first-order valence-electron chi connectivity index (χ1n) is 4.18. The fraction of sp³-hybridized carbons (Fsp3) is 0.111. The third-order valence-corrected chi connectivity index (χ3v) is 2.18. The maximum Gasteiger partial charge on any atom is 0.328 e. The number of nitrogens with zero attached hydrogens (tertiary/aromatic N) is 1. The quantitative estimate of drug-likeness (QED) is 0.513. The molecular formula is C9H8N2O4. The van der Waals surface area contributed by atoms with Crippen LogP contribution in [0.4, 0.5) is 0 Å². The molecule has 1 heterocycles. The first kappa shape index (κ1) is 9.47. The minimum absolute atomic E-state index is 0.145. The standard InChI is InChI=1S/C9H8N2O4/c1-11-8(12)6-4-5(15-14)2-3-7(6)10-9(11)13/h2-4,14H,1H3,(H,10,13). The fourth-order valence-corrected chi connectivity index (χ4v) is 1.34. The predicted octanol–water partition coefficient (Wildman–Crippen LogP) is 0.0786. The number of aromatic nitrogens is 2. The Kier molecular flexibility index (Phi) is 2.05. The van der Waals surface area contributed by atoms with Crippen molar-refractivity contribution in [1.82, 2.24) is 9.55 Å². The van der Waals surface area contributed by atoms with Gasteiger partial charge in [-0.15, -0.1) is 0 Å². The van der Waals surface area contributed by atoms with E-state index in [1.165, 1.54) is 25.2 Å². The summed E-state index contributed by atoms with van der Waals surface area (Å²) >= 11 is 0. The first-order chi connectivity index (χ1) is 7.13. The van der Waals surface area contributed by atoms with E-state index in [1.54, 1.807) is 0 Å². The highest BCUT2D eigenvalue weighted by Crippen LogP contribution is 2.14. The molecule has 0 fully saturated rings. The van der Waals surface area contributed by atoms with Gasteiger partial charge in [-0.25, -0.2) is 10.1 Å². The second kappa shape index (κ2) is 3.25. The molecule has 15 heavy (non-hydrogen) atoms. The number of fused-ring (bicyclic) bond motifs is 1. The van der Waals surface area contributed by atoms with Gasteiger partial charge in [-0.2, -0.15) is 0 Å². The van der Waals surface area contributed by atoms with Crippen LogP contribution in [0.25, 0.3) is 10.9 Å². The van der Waals surface area contributed by atoms with Crippen LogP contribution in [0.1, 0.15) is 0 Å². The number of aromatic amines is 1. The Balaban J connectivity index is 2.94. The van der Waals surface area contributed by atoms with E-state index in [2.05, 4.69) is 9.87 Å². The van der Waals surface area contributed by atoms with Gasteiger partial charge in [-0.1, -0.05) is 0 Å². The van der Waals surface area contributed by atoms with Crippen molar-refractivity contribution in [2.24, 2.45) is 7.05 Å². The molecule has 78 valence electrons. The van der Waals surface area contributed by atoms with Crippen LogP contribution in [0.2, 0.25) is 0 Å². The van der Waals surface area contributed by atoms with Crippen LogP contribution in [0.5, 0.6) is 5.75 Å². The normalized spacial score (nSPS) is 10.5. The number of H-pyrrole nitrogens is 1. The van der Waals surface area contributed by atoms with E-state index in [-0.39, 0.29) is 11.1 Å². The largest absolute Gasteiger partial charge is 0.340 e. The third-order valence-electron chi connectivity index (χ3n) is 2.18. The van der Waals surface area contributed by atoms with E-state index < -0.39 is 11.2 Å². The molecule has 0 unspecified atom stereocenters. The first-order valence-corrected chi connectivity index (χ1v) is 4.18. The van der Waals surface area contributed by atoms with Gasteiger partial charge in [0.25, 0.3) is 5.56 Å². The minimum Gasteiger partial charge on any atom is -0.340 e. The predicted molar refractivity (Wildman–Crippen MR) is 53.1 cm³/mol. The van der Waals surface area contributed by atoms with E-state index in [1.807, 2.05) is 0 Å². The van der Waals surface area contributed by atoms with Crippen molar-refractivity contribution in [3.05, 3.63) is 39.0 Å². The molecule has 0 aliphatic rings. The van der Waals surface area contributed by atoms with Gasteiger partial charge in [0.1, 0.15) is 0 Å². The lowest BCUT2D eigenvalue weighted by Crippen LogP contribution is -2.32. The van der Waals surface area contributed by atoms with E-state index in [0.717, 1.165) is 4.57 Å². The Labute approximate surface area is 83.3 Å². The van der Waals surface area contributed by atoms with Crippen LogP contribution in [-0.2, 0) is 7.05 Å². The molecule has 0 spiro atoms. The number of nitrogens with one attached hydrogen (secondary N) is 1. The third kappa shape index (κ3) is 1.40. The summed E-state index contributed by atoms with van der Waals surface area (Å²) in [5.74, 6) is 0.145. The van der Waals surface area contributed by atoms with E-state index in [4.69, 9.17) is 5.26 Å². The summed E-state index contributed by atoms with van der Waals surface area (Å²) in [5, 5.41) is 8.71. The van der Waals surface area contributed by atoms with Crippen molar-refractivity contribution in [1.29, 1.82) is 0 Å². The van der Waals surface area contributed by atoms with Gasteiger partial charge in [0.2, 0.25) is 0 Å². The Morgan fingerprint density at radius 1 is 1.40 bits per heavy atom. The van der Waals surface area contributed by atoms with Gasteiger partial charge in [0, 0.05) is 7.05 Å². The molecule has 6 heteroatoms. The van der Waals surface area contributed by atoms with Gasteiger partial charge in [0.05, 0.1) is 10.9 Å². The Hall–Kier alpha value is -2.08. The van der Waals surface area contributed by atoms with Crippen LogP contribution >= 0.6 is 0 Å². The molecule has 2 N–H and O–H groups in total. The van der Waals surface area contributed by atoms with E-state index in [9.17, 15) is 9.59 Å². The second-order valence-electron chi connectivity index (χ2n) is 3.09. The highest BCUT2D eigenvalue weighted by Gasteiger charge is 2.05. The molecule has 2 aromatic rings. The zero-order valence-corrected chi connectivity index (χ0v) is 7.85. The molecule has 2 rings (SSSR count). The molecule has 6 nitrogen and oxygen atoms in total. The van der Waals surface area contributed by atoms with Crippen molar-refractivity contribution < 1.29 is 10.1 Å². The topological polar surface area (TPSA) is 84.3 Å². The number of hydrogen-bond acceptors (Lipinski definition) is 4. The Morgan fingerprint density at radius 2 is 2.13 bits per heavy atom. The Morgan fingerprint density at radius 3 is 2.80 bits per heavy atom. The zero-order chi connectivity index (χ0) is 11.0. The van der Waals surface area contributed by atoms with Crippen LogP contribution < -0.4 is 16.1 Å². The highest BCUT2D eigenvalue weighted by molar-refractivity contribution is 5.78. The molecule has 0 saturated carbocycles. The molecule has 1 aromatic carbocycles. The van der Waals surface area contributed by atoms with Crippen LogP contribution in [0.3, 0.4) is 0 Å². The van der Waals surface area contributed by atoms with Gasteiger partial charge in [0.15, 0.2) is 5.75 Å². The maximum absolute atomic E-state index is 11.6. The summed E-state index contributed by atoms with van der Waals surface area (Å²) in [7, 11) is 1.37. The number of hydrogen-bond donors (Lipinski definition) is 2. The van der Waals surface area contributed by atoms with Gasteiger partial charge in [-0.3, -0.25) is 9.36 Å². The SMILES string of the molecule is Cn1c(=O)[nH]c2ccc(OO)cc2c1=O. The summed E-state index contributed by atoms with van der Waals surface area (Å²) < 4.78 is 0.948. The van der Waals surface area contributed by atoms with Gasteiger partial charge >= 0.3 is 5.69 Å². The highest BCUT2D eigenvalue weighted by atomic mass is 17.1. The molecule has 0 radical (unpaired) electrons. The summed E-state index contributed by atoms with van der Waals surface area (Å²) in [6, 6.07) is 4.29. The van der Waals surface area contributed by atoms with E-state index in [0.29, 0.717) is 5.52 Å². The number of benzene rings is 1. The maximum atomic E-state index is 11.6. The summed E-state index contributed by atoms with van der Waals surface area (Å²) in [4.78, 5) is 29.4. The van der Waals surface area contributed by atoms with Crippen molar-refractivity contribution in [2.45, 2.75) is 0 Å². The van der Waals surface area contributed by atoms with Gasteiger partial charge < -0.3 is 9.87 Å². The lowest BCUT2D eigenvalue weighted by Gasteiger charge is -2.01. The molecule has 0 aliphatic heterocycles. The van der Waals surface area contributed by atoms with Crippen molar-refractivity contribution >= 4 is 10.9 Å². The van der Waals surface area contributed by atoms with Crippen LogP contribution in [0.15, 0.2) is 27.8 Å². The molecule has 0 atom stereocenters. The lowest BCUT2D eigenvalue weighted by molar-refractivity contribution is -0.137. The average molecular weight is 208 g/mol. The Bertz CT molecular complexity index is 626. The molecule has 0 aliphatic carbocycles. The summed E-state index contributed by atoms with van der Waals surface area (Å²) in [6.45, 7) is 0. The summed E-state index contributed by atoms with van der Waals surface area (Å²) in [6.07, 6.45) is 0. The molecule has 1 aromatic heterocycles. The van der Waals surface area contributed by atoms with Crippen molar-refractivity contribution in [3.63, 3.8) is 0 Å². The molecule has 0 saturated heterocycles. The average Bonchev–Trinajstić information content (AvgIpc) is 2.26. The van der Waals surface area contributed by atoms with Crippen molar-refractivity contribution in [2.75, 3.05) is 0 Å². The lowest BCUT2D eigenvalue weighted by atomic mass is 10.2. The molecule has 0 bridgehead atoms. The van der Waals surface area contributed by atoms with Crippen LogP contribution in [-0.4, -0.2) is 14.8 Å². The van der Waals surface area contributed by atoms with E-state index >= 15 is 0 Å². The van der Waals surface area contributed by atoms with Crippen LogP contribution in [0, 0.1) is 0 Å². The second-order valence-corrected chi connectivity index (χ2v) is 3.09. The molecule has 0 amide bonds. The number of rotatable bonds is 1. The minimum atomic E-state index is -0.481. The van der Waals surface area contributed by atoms with Crippen molar-refractivity contribution in [3.8, 4) is 5.75 Å². The van der Waals surface area contributed by atoms with Gasteiger partial charge in [-0.05, 0) is 18.2 Å². The molecular weight excluding hydrogens is 200 g/mol. The zero-order valence-electron chi connectivity index (χ0n) is 7.85. The smallest absolute Gasteiger partial charge is 0.328 e.